The Balaban J connectivity index is 3.10. The number of hydrogen-bond acceptors (Lipinski definition) is 1. The van der Waals surface area contributed by atoms with Crippen LogP contribution in [0.5, 0.6) is 0 Å². The number of hydrogen-bond donors (Lipinski definition) is 0. The van der Waals surface area contributed by atoms with Crippen LogP contribution < -0.4 is 0 Å². The number of amides is 1. The van der Waals surface area contributed by atoms with Crippen molar-refractivity contribution in [3.8, 4) is 0 Å². The highest BCUT2D eigenvalue weighted by atomic mass is 16.2. The molecule has 0 saturated heterocycles. The topological polar surface area (TPSA) is 20.3 Å². The molecule has 16 heavy (non-hydrogen) atoms. The summed E-state index contributed by atoms with van der Waals surface area (Å²) in [5, 5.41) is 0. The van der Waals surface area contributed by atoms with Crippen molar-refractivity contribution in [3.05, 3.63) is 23.4 Å². The van der Waals surface area contributed by atoms with Crippen LogP contribution in [-0.4, -0.2) is 16.3 Å². The van der Waals surface area contributed by atoms with Gasteiger partial charge in [-0.15, -0.1) is 0 Å². The summed E-state index contributed by atoms with van der Waals surface area (Å²) in [5.74, 6) is 0.125. The molecule has 0 spiro atoms. The summed E-state index contributed by atoms with van der Waals surface area (Å²) in [7, 11) is 0. The molecule has 1 aliphatic heterocycles. The third kappa shape index (κ3) is 2.37. The molecule has 2 heteroatoms. The molecule has 0 bridgehead atoms. The second-order valence-electron chi connectivity index (χ2n) is 6.45. The van der Waals surface area contributed by atoms with Crippen LogP contribution in [0.3, 0.4) is 0 Å². The Bertz CT molecular complexity index is 361. The van der Waals surface area contributed by atoms with Gasteiger partial charge >= 0.3 is 0 Å². The van der Waals surface area contributed by atoms with Gasteiger partial charge in [-0.25, -0.2) is 0 Å². The van der Waals surface area contributed by atoms with E-state index in [0.717, 1.165) is 11.1 Å². The van der Waals surface area contributed by atoms with Crippen molar-refractivity contribution in [2.24, 2.45) is 5.41 Å². The molecule has 0 saturated carbocycles. The number of carbonyl (C=O) groups is 1. The van der Waals surface area contributed by atoms with Crippen molar-refractivity contribution >= 4 is 5.91 Å². The van der Waals surface area contributed by atoms with Crippen molar-refractivity contribution in [1.82, 2.24) is 4.90 Å². The van der Waals surface area contributed by atoms with Crippen molar-refractivity contribution in [3.63, 3.8) is 0 Å². The molecule has 0 aromatic heterocycles. The zero-order chi connectivity index (χ0) is 12.7. The molecule has 0 atom stereocenters. The lowest BCUT2D eigenvalue weighted by molar-refractivity contribution is -0.127. The minimum absolute atomic E-state index is 0.0449. The van der Waals surface area contributed by atoms with E-state index in [-0.39, 0.29) is 16.9 Å². The maximum Gasteiger partial charge on any atom is 0.258 e. The molecule has 0 aromatic carbocycles. The van der Waals surface area contributed by atoms with Gasteiger partial charge in [0.15, 0.2) is 0 Å². The molecule has 1 amide bonds. The summed E-state index contributed by atoms with van der Waals surface area (Å²) in [6, 6.07) is 0. The summed E-state index contributed by atoms with van der Waals surface area (Å²) in [4.78, 5) is 14.0. The lowest BCUT2D eigenvalue weighted by Crippen LogP contribution is -2.40. The molecule has 2 nitrogen and oxygen atoms in total. The van der Waals surface area contributed by atoms with E-state index in [1.165, 1.54) is 0 Å². The van der Waals surface area contributed by atoms with E-state index in [1.54, 1.807) is 4.90 Å². The van der Waals surface area contributed by atoms with E-state index < -0.39 is 0 Å². The Morgan fingerprint density at radius 1 is 1.12 bits per heavy atom. The lowest BCUT2D eigenvalue weighted by atomic mass is 9.84. The van der Waals surface area contributed by atoms with Gasteiger partial charge in [0.2, 0.25) is 0 Å². The number of rotatable bonds is 0. The molecule has 0 aromatic rings. The van der Waals surface area contributed by atoms with Crippen LogP contribution in [0.1, 0.15) is 48.5 Å². The van der Waals surface area contributed by atoms with Gasteiger partial charge in [0.05, 0.1) is 0 Å². The predicted molar refractivity (Wildman–Crippen MR) is 67.9 cm³/mol. The SMILES string of the molecule is C/C(=C1\C=CN(C(C)(C)C)C1=O)C(C)(C)C. The Morgan fingerprint density at radius 3 is 1.94 bits per heavy atom. The second kappa shape index (κ2) is 3.76. The lowest BCUT2D eigenvalue weighted by Gasteiger charge is -2.30. The van der Waals surface area contributed by atoms with Gasteiger partial charge in [-0.2, -0.15) is 0 Å². The minimum atomic E-state index is -0.145. The Morgan fingerprint density at radius 2 is 1.62 bits per heavy atom. The Kier molecular flexibility index (Phi) is 3.06. The summed E-state index contributed by atoms with van der Waals surface area (Å²) in [5.41, 5.74) is 1.90. The van der Waals surface area contributed by atoms with Gasteiger partial charge in [-0.3, -0.25) is 4.79 Å². The molecule has 1 rings (SSSR count). The van der Waals surface area contributed by atoms with Crippen molar-refractivity contribution in [2.75, 3.05) is 0 Å². The zero-order valence-corrected chi connectivity index (χ0v) is 11.5. The Labute approximate surface area is 99.0 Å². The summed E-state index contributed by atoms with van der Waals surface area (Å²) >= 11 is 0. The van der Waals surface area contributed by atoms with Gasteiger partial charge in [-0.1, -0.05) is 26.3 Å². The molecule has 90 valence electrons. The molecule has 0 radical (unpaired) electrons. The highest BCUT2D eigenvalue weighted by Crippen LogP contribution is 2.32. The third-order valence-corrected chi connectivity index (χ3v) is 3.09. The smallest absolute Gasteiger partial charge is 0.258 e. The van der Waals surface area contributed by atoms with Gasteiger partial charge in [0.1, 0.15) is 0 Å². The largest absolute Gasteiger partial charge is 0.310 e. The molecule has 0 unspecified atom stereocenters. The van der Waals surface area contributed by atoms with Crippen LogP contribution in [0.4, 0.5) is 0 Å². The molecular weight excluding hydrogens is 198 g/mol. The van der Waals surface area contributed by atoms with Gasteiger partial charge in [0.25, 0.3) is 5.91 Å². The fraction of sp³-hybridized carbons (Fsp3) is 0.643. The highest BCUT2D eigenvalue weighted by molar-refractivity contribution is 6.00. The van der Waals surface area contributed by atoms with E-state index in [9.17, 15) is 4.79 Å². The summed E-state index contributed by atoms with van der Waals surface area (Å²) in [6.07, 6.45) is 3.83. The van der Waals surface area contributed by atoms with Crippen LogP contribution in [0, 0.1) is 5.41 Å². The van der Waals surface area contributed by atoms with Gasteiger partial charge in [0, 0.05) is 17.3 Å². The van der Waals surface area contributed by atoms with E-state index >= 15 is 0 Å². The first kappa shape index (κ1) is 13.0. The predicted octanol–water partition coefficient (Wildman–Crippen LogP) is 3.50. The molecule has 1 heterocycles. The molecule has 1 aliphatic rings. The maximum atomic E-state index is 12.2. The van der Waals surface area contributed by atoms with E-state index in [2.05, 4.69) is 20.8 Å². The normalized spacial score (nSPS) is 20.7. The Hall–Kier alpha value is -1.05. The van der Waals surface area contributed by atoms with Crippen LogP contribution in [0.2, 0.25) is 0 Å². The van der Waals surface area contributed by atoms with Crippen molar-refractivity contribution in [2.45, 2.75) is 54.0 Å². The van der Waals surface area contributed by atoms with Crippen molar-refractivity contribution < 1.29 is 4.79 Å². The fourth-order valence-electron chi connectivity index (χ4n) is 1.64. The summed E-state index contributed by atoms with van der Waals surface area (Å²) < 4.78 is 0. The van der Waals surface area contributed by atoms with Crippen LogP contribution in [0.15, 0.2) is 23.4 Å². The first-order valence-electron chi connectivity index (χ1n) is 5.78. The fourth-order valence-corrected chi connectivity index (χ4v) is 1.64. The van der Waals surface area contributed by atoms with Crippen LogP contribution in [-0.2, 0) is 4.79 Å². The minimum Gasteiger partial charge on any atom is -0.310 e. The van der Waals surface area contributed by atoms with Crippen LogP contribution >= 0.6 is 0 Å². The summed E-state index contributed by atoms with van der Waals surface area (Å²) in [6.45, 7) is 14.6. The number of nitrogens with zero attached hydrogens (tertiary/aromatic N) is 1. The standard InChI is InChI=1S/C14H23NO/c1-10(13(2,3)4)11-8-9-15(12(11)16)14(5,6)7/h8-9H,1-7H3/b11-10-. The first-order valence-corrected chi connectivity index (χ1v) is 5.78. The quantitative estimate of drug-likeness (QED) is 0.573. The molecule has 0 N–H and O–H groups in total. The number of carbonyl (C=O) groups excluding carboxylic acids is 1. The van der Waals surface area contributed by atoms with E-state index in [1.807, 2.05) is 40.0 Å². The maximum absolute atomic E-state index is 12.2. The molecule has 0 aliphatic carbocycles. The van der Waals surface area contributed by atoms with Crippen molar-refractivity contribution in [1.29, 1.82) is 0 Å². The van der Waals surface area contributed by atoms with Crippen LogP contribution in [0.25, 0.3) is 0 Å². The molecular formula is C14H23NO. The first-order chi connectivity index (χ1) is 7.05. The monoisotopic (exact) mass is 221 g/mol. The average Bonchev–Trinajstić information content (AvgIpc) is 2.42. The van der Waals surface area contributed by atoms with Gasteiger partial charge < -0.3 is 4.90 Å². The van der Waals surface area contributed by atoms with E-state index in [4.69, 9.17) is 0 Å². The number of allylic oxidation sites excluding steroid dienone is 1. The zero-order valence-electron chi connectivity index (χ0n) is 11.5. The molecule has 0 fully saturated rings. The third-order valence-electron chi connectivity index (χ3n) is 3.09. The second-order valence-corrected chi connectivity index (χ2v) is 6.45. The highest BCUT2D eigenvalue weighted by Gasteiger charge is 2.32. The van der Waals surface area contributed by atoms with E-state index in [0.29, 0.717) is 0 Å². The average molecular weight is 221 g/mol. The van der Waals surface area contributed by atoms with Gasteiger partial charge in [-0.05, 0) is 39.2 Å².